The highest BCUT2D eigenvalue weighted by Gasteiger charge is 2.46. The van der Waals surface area contributed by atoms with Crippen molar-refractivity contribution in [2.75, 3.05) is 26.7 Å². The molecule has 1 aliphatic carbocycles. The third-order valence-electron chi connectivity index (χ3n) is 6.58. The molecule has 2 saturated heterocycles. The van der Waals surface area contributed by atoms with E-state index in [1.54, 1.807) is 0 Å². The van der Waals surface area contributed by atoms with Gasteiger partial charge in [-0.1, -0.05) is 25.4 Å². The van der Waals surface area contributed by atoms with Crippen LogP contribution < -0.4 is 0 Å². The number of aromatic nitrogens is 2. The van der Waals surface area contributed by atoms with Crippen molar-refractivity contribution in [2.45, 2.75) is 64.3 Å². The molecule has 138 valence electrons. The van der Waals surface area contributed by atoms with Gasteiger partial charge in [-0.25, -0.2) is 0 Å². The van der Waals surface area contributed by atoms with Gasteiger partial charge in [0.25, 0.3) is 0 Å². The SMILES string of the molecule is CC(C)C(=O)N1CCC2(CC1)CC(c1noc(C3CCC3)n1)N(C)C2. The molecule has 25 heavy (non-hydrogen) atoms. The summed E-state index contributed by atoms with van der Waals surface area (Å²) in [6.45, 7) is 6.81. The molecule has 1 unspecified atom stereocenters. The normalized spacial score (nSPS) is 27.2. The Morgan fingerprint density at radius 3 is 2.60 bits per heavy atom. The summed E-state index contributed by atoms with van der Waals surface area (Å²) < 4.78 is 5.54. The lowest BCUT2D eigenvalue weighted by Crippen LogP contribution is -2.45. The maximum atomic E-state index is 12.2. The van der Waals surface area contributed by atoms with Crippen molar-refractivity contribution in [2.24, 2.45) is 11.3 Å². The van der Waals surface area contributed by atoms with Crippen LogP contribution in [0.3, 0.4) is 0 Å². The van der Waals surface area contributed by atoms with Crippen LogP contribution in [0.4, 0.5) is 0 Å². The Bertz CT molecular complexity index is 629. The van der Waals surface area contributed by atoms with Crippen LogP contribution in [-0.2, 0) is 4.79 Å². The van der Waals surface area contributed by atoms with E-state index >= 15 is 0 Å². The van der Waals surface area contributed by atoms with Crippen molar-refractivity contribution in [3.8, 4) is 0 Å². The van der Waals surface area contributed by atoms with Gasteiger partial charge in [0, 0.05) is 31.5 Å². The average Bonchev–Trinajstić information content (AvgIpc) is 3.11. The molecule has 1 spiro atoms. The minimum Gasteiger partial charge on any atom is -0.342 e. The number of hydrogen-bond acceptors (Lipinski definition) is 5. The van der Waals surface area contributed by atoms with Crippen LogP contribution in [0.2, 0.25) is 0 Å². The van der Waals surface area contributed by atoms with Gasteiger partial charge in [0.2, 0.25) is 11.8 Å². The van der Waals surface area contributed by atoms with E-state index in [1.165, 1.54) is 19.3 Å². The van der Waals surface area contributed by atoms with Gasteiger partial charge in [0.15, 0.2) is 5.82 Å². The number of nitrogens with zero attached hydrogens (tertiary/aromatic N) is 4. The number of rotatable bonds is 3. The van der Waals surface area contributed by atoms with Gasteiger partial charge in [-0.2, -0.15) is 4.98 Å². The maximum Gasteiger partial charge on any atom is 0.229 e. The molecule has 3 fully saturated rings. The standard InChI is InChI=1S/C19H30N4O2/c1-13(2)18(24)23-9-7-19(8-10-23)11-15(22(3)12-19)16-20-17(25-21-16)14-5-4-6-14/h13-15H,4-12H2,1-3H3. The molecule has 1 aromatic heterocycles. The fraction of sp³-hybridized carbons (Fsp3) is 0.842. The summed E-state index contributed by atoms with van der Waals surface area (Å²) in [6, 6.07) is 0.255. The summed E-state index contributed by atoms with van der Waals surface area (Å²) in [5.74, 6) is 2.58. The van der Waals surface area contributed by atoms with E-state index in [1.807, 2.05) is 18.7 Å². The Kier molecular flexibility index (Phi) is 4.34. The number of carbonyl (C=O) groups excluding carboxylic acids is 1. The molecule has 6 heteroatoms. The summed E-state index contributed by atoms with van der Waals surface area (Å²) in [4.78, 5) is 21.4. The van der Waals surface area contributed by atoms with Crippen LogP contribution in [0.5, 0.6) is 0 Å². The van der Waals surface area contributed by atoms with E-state index in [2.05, 4.69) is 17.1 Å². The predicted octanol–water partition coefficient (Wildman–Crippen LogP) is 2.98. The zero-order chi connectivity index (χ0) is 17.6. The first-order valence-corrected chi connectivity index (χ1v) is 9.80. The minimum absolute atomic E-state index is 0.0947. The third kappa shape index (κ3) is 3.09. The van der Waals surface area contributed by atoms with Gasteiger partial charge in [-0.3, -0.25) is 9.69 Å². The molecular formula is C19H30N4O2. The number of piperidine rings is 1. The Hall–Kier alpha value is -1.43. The van der Waals surface area contributed by atoms with Crippen molar-refractivity contribution < 1.29 is 9.32 Å². The van der Waals surface area contributed by atoms with Crippen molar-refractivity contribution in [1.29, 1.82) is 0 Å². The highest BCUT2D eigenvalue weighted by Crippen LogP contribution is 2.48. The highest BCUT2D eigenvalue weighted by molar-refractivity contribution is 5.78. The third-order valence-corrected chi connectivity index (χ3v) is 6.58. The Morgan fingerprint density at radius 1 is 1.28 bits per heavy atom. The Labute approximate surface area is 149 Å². The van der Waals surface area contributed by atoms with Crippen LogP contribution in [0, 0.1) is 11.3 Å². The van der Waals surface area contributed by atoms with Gasteiger partial charge in [-0.05, 0) is 44.6 Å². The van der Waals surface area contributed by atoms with Crippen LogP contribution in [0.25, 0.3) is 0 Å². The Morgan fingerprint density at radius 2 is 2.00 bits per heavy atom. The first-order valence-electron chi connectivity index (χ1n) is 9.80. The second-order valence-corrected chi connectivity index (χ2v) is 8.73. The molecule has 0 radical (unpaired) electrons. The maximum absolute atomic E-state index is 12.2. The number of hydrogen-bond donors (Lipinski definition) is 0. The molecule has 4 rings (SSSR count). The largest absolute Gasteiger partial charge is 0.342 e. The van der Waals surface area contributed by atoms with Gasteiger partial charge < -0.3 is 9.42 Å². The summed E-state index contributed by atoms with van der Waals surface area (Å²) in [5.41, 5.74) is 0.296. The molecule has 1 amide bonds. The monoisotopic (exact) mass is 346 g/mol. The first-order chi connectivity index (χ1) is 12.0. The van der Waals surface area contributed by atoms with Crippen LogP contribution in [0.1, 0.15) is 76.0 Å². The molecule has 0 N–H and O–H groups in total. The molecule has 6 nitrogen and oxygen atoms in total. The summed E-state index contributed by atoms with van der Waals surface area (Å²) in [5, 5.41) is 4.30. The van der Waals surface area contributed by atoms with Gasteiger partial charge in [0.05, 0.1) is 6.04 Å². The second kappa shape index (κ2) is 6.38. The van der Waals surface area contributed by atoms with E-state index in [4.69, 9.17) is 9.51 Å². The molecule has 0 aromatic carbocycles. The summed E-state index contributed by atoms with van der Waals surface area (Å²) in [7, 11) is 2.17. The minimum atomic E-state index is 0.0947. The fourth-order valence-corrected chi connectivity index (χ4v) is 4.69. The number of amides is 1. The van der Waals surface area contributed by atoms with E-state index in [9.17, 15) is 4.79 Å². The molecule has 1 atom stereocenters. The van der Waals surface area contributed by atoms with E-state index in [0.717, 1.165) is 50.6 Å². The average molecular weight is 346 g/mol. The van der Waals surface area contributed by atoms with Crippen LogP contribution in [0.15, 0.2) is 4.52 Å². The quantitative estimate of drug-likeness (QED) is 0.842. The smallest absolute Gasteiger partial charge is 0.229 e. The lowest BCUT2D eigenvalue weighted by molar-refractivity contribution is -0.136. The van der Waals surface area contributed by atoms with Crippen LogP contribution >= 0.6 is 0 Å². The molecule has 2 aliphatic heterocycles. The second-order valence-electron chi connectivity index (χ2n) is 8.73. The number of carbonyl (C=O) groups is 1. The van der Waals surface area contributed by atoms with Crippen LogP contribution in [-0.4, -0.2) is 52.5 Å². The predicted molar refractivity (Wildman–Crippen MR) is 94.0 cm³/mol. The van der Waals surface area contributed by atoms with E-state index in [0.29, 0.717) is 17.2 Å². The molecule has 3 aliphatic rings. The van der Waals surface area contributed by atoms with Crippen molar-refractivity contribution in [1.82, 2.24) is 19.9 Å². The lowest BCUT2D eigenvalue weighted by atomic mass is 9.76. The van der Waals surface area contributed by atoms with Crippen molar-refractivity contribution in [3.05, 3.63) is 11.7 Å². The van der Waals surface area contributed by atoms with E-state index in [-0.39, 0.29) is 12.0 Å². The summed E-state index contributed by atoms with van der Waals surface area (Å²) >= 11 is 0. The molecule has 1 aromatic rings. The van der Waals surface area contributed by atoms with E-state index < -0.39 is 0 Å². The Balaban J connectivity index is 1.41. The highest BCUT2D eigenvalue weighted by atomic mass is 16.5. The number of likely N-dealkylation sites (tertiary alicyclic amines) is 2. The van der Waals surface area contributed by atoms with Crippen molar-refractivity contribution >= 4 is 5.91 Å². The molecular weight excluding hydrogens is 316 g/mol. The van der Waals surface area contributed by atoms with Gasteiger partial charge in [-0.15, -0.1) is 0 Å². The first kappa shape index (κ1) is 17.0. The van der Waals surface area contributed by atoms with Gasteiger partial charge >= 0.3 is 0 Å². The summed E-state index contributed by atoms with van der Waals surface area (Å²) in [6.07, 6.45) is 6.90. The van der Waals surface area contributed by atoms with Gasteiger partial charge in [0.1, 0.15) is 0 Å². The zero-order valence-corrected chi connectivity index (χ0v) is 15.7. The topological polar surface area (TPSA) is 62.5 Å². The molecule has 3 heterocycles. The molecule has 1 saturated carbocycles. The van der Waals surface area contributed by atoms with Crippen molar-refractivity contribution in [3.63, 3.8) is 0 Å². The molecule has 0 bridgehead atoms. The zero-order valence-electron chi connectivity index (χ0n) is 15.7. The fourth-order valence-electron chi connectivity index (χ4n) is 4.69. The lowest BCUT2D eigenvalue weighted by Gasteiger charge is -2.39.